The van der Waals surface area contributed by atoms with Crippen molar-refractivity contribution >= 4 is 30.7 Å². The summed E-state index contributed by atoms with van der Waals surface area (Å²) in [5, 5.41) is 0. The molecule has 4 nitrogen and oxygen atoms in total. The summed E-state index contributed by atoms with van der Waals surface area (Å²) < 4.78 is 10.5. The molecule has 1 aromatic rings. The van der Waals surface area contributed by atoms with Crippen LogP contribution in [0.25, 0.3) is 0 Å². The van der Waals surface area contributed by atoms with Crippen molar-refractivity contribution in [3.05, 3.63) is 35.9 Å². The normalized spacial score (nSPS) is 12.7. The number of rotatable bonds is 4. The second-order valence-electron chi connectivity index (χ2n) is 4.93. The molecule has 18 heavy (non-hydrogen) atoms. The molecule has 0 aliphatic rings. The van der Waals surface area contributed by atoms with Crippen LogP contribution in [0.3, 0.4) is 0 Å². The number of hydrogen-bond donors (Lipinski definition) is 0. The van der Waals surface area contributed by atoms with Gasteiger partial charge in [0.15, 0.2) is 0 Å². The monoisotopic (exact) mass is 358 g/mol. The van der Waals surface area contributed by atoms with Gasteiger partial charge in [-0.1, -0.05) is 0 Å². The van der Waals surface area contributed by atoms with Crippen LogP contribution in [-0.4, -0.2) is 30.7 Å². The third-order valence-corrected chi connectivity index (χ3v) is 4.33. The standard InChI is InChI=1S/C10H10O4.3CH3.Sn/c1-7(11)14-9(10(12)13)8-5-3-2-4-6-8;;;;/h2-6,9H,1H3,(H,12,13);3*1H3;/q;;;;+1/p-1/t9-;;;;/m1..../s1. The van der Waals surface area contributed by atoms with Crippen LogP contribution in [0.4, 0.5) is 0 Å². The molecule has 0 unspecified atom stereocenters. The third-order valence-electron chi connectivity index (χ3n) is 2.01. The topological polar surface area (TPSA) is 52.6 Å². The first kappa shape index (κ1) is 15.0. The van der Waals surface area contributed by atoms with Crippen molar-refractivity contribution in [1.29, 1.82) is 0 Å². The zero-order valence-electron chi connectivity index (χ0n) is 11.1. The molecular weight excluding hydrogens is 339 g/mol. The zero-order valence-corrected chi connectivity index (χ0v) is 14.0. The van der Waals surface area contributed by atoms with Crippen LogP contribution in [0.1, 0.15) is 18.6 Å². The van der Waals surface area contributed by atoms with Crippen LogP contribution >= 0.6 is 0 Å². The van der Waals surface area contributed by atoms with Gasteiger partial charge in [-0.3, -0.25) is 0 Å². The first-order valence-electron chi connectivity index (χ1n) is 5.74. The van der Waals surface area contributed by atoms with E-state index >= 15 is 0 Å². The molecule has 0 amide bonds. The molecule has 0 aliphatic heterocycles. The van der Waals surface area contributed by atoms with E-state index in [0.717, 1.165) is 0 Å². The van der Waals surface area contributed by atoms with Crippen LogP contribution in [0.2, 0.25) is 14.8 Å². The van der Waals surface area contributed by atoms with E-state index in [0.29, 0.717) is 5.56 Å². The Morgan fingerprint density at radius 3 is 2.11 bits per heavy atom. The number of carbonyl (C=O) groups is 2. The Balaban J connectivity index is 2.92. The van der Waals surface area contributed by atoms with Crippen molar-refractivity contribution in [3.63, 3.8) is 0 Å². The molecule has 0 spiro atoms. The molecule has 0 fully saturated rings. The van der Waals surface area contributed by atoms with E-state index in [2.05, 4.69) is 0 Å². The predicted molar refractivity (Wildman–Crippen MR) is 70.4 cm³/mol. The zero-order chi connectivity index (χ0) is 13.8. The molecule has 1 atom stereocenters. The van der Waals surface area contributed by atoms with Crippen LogP contribution in [0, 0.1) is 0 Å². The van der Waals surface area contributed by atoms with Crippen molar-refractivity contribution < 1.29 is 17.4 Å². The third kappa shape index (κ3) is 5.08. The first-order chi connectivity index (χ1) is 8.29. The molecule has 0 heterocycles. The maximum atomic E-state index is 12.0. The van der Waals surface area contributed by atoms with E-state index in [9.17, 15) is 9.59 Å². The molecule has 1 rings (SSSR count). The van der Waals surface area contributed by atoms with E-state index in [1.54, 1.807) is 24.3 Å². The molecule has 1 aromatic carbocycles. The Morgan fingerprint density at radius 1 is 1.11 bits per heavy atom. The average Bonchev–Trinajstić information content (AvgIpc) is 2.24. The van der Waals surface area contributed by atoms with Gasteiger partial charge in [0.2, 0.25) is 0 Å². The van der Waals surface area contributed by atoms with Crippen molar-refractivity contribution in [1.82, 2.24) is 0 Å². The van der Waals surface area contributed by atoms with Gasteiger partial charge in [0.05, 0.1) is 0 Å². The van der Waals surface area contributed by atoms with Crippen molar-refractivity contribution in [2.75, 3.05) is 0 Å². The van der Waals surface area contributed by atoms with Crippen molar-refractivity contribution in [3.8, 4) is 0 Å². The van der Waals surface area contributed by atoms with Crippen molar-refractivity contribution in [2.45, 2.75) is 27.8 Å². The molecular formula is C13H18O4Sn. The number of carbonyl (C=O) groups excluding carboxylic acids is 2. The first-order valence-corrected chi connectivity index (χ1v) is 15.5. The van der Waals surface area contributed by atoms with Gasteiger partial charge in [-0.25, -0.2) is 0 Å². The van der Waals surface area contributed by atoms with E-state index in [1.165, 1.54) is 6.92 Å². The van der Waals surface area contributed by atoms with Gasteiger partial charge in [-0.15, -0.1) is 0 Å². The van der Waals surface area contributed by atoms with Gasteiger partial charge in [0, 0.05) is 0 Å². The Morgan fingerprint density at radius 2 is 1.67 bits per heavy atom. The number of esters is 1. The van der Waals surface area contributed by atoms with Gasteiger partial charge in [-0.2, -0.15) is 0 Å². The molecule has 0 aromatic heterocycles. The van der Waals surface area contributed by atoms with Gasteiger partial charge in [0.1, 0.15) is 0 Å². The van der Waals surface area contributed by atoms with Gasteiger partial charge in [0.25, 0.3) is 0 Å². The summed E-state index contributed by atoms with van der Waals surface area (Å²) >= 11 is -2.72. The summed E-state index contributed by atoms with van der Waals surface area (Å²) in [4.78, 5) is 29.1. The molecule has 5 heteroatoms. The predicted octanol–water partition coefficient (Wildman–Crippen LogP) is 2.67. The maximum absolute atomic E-state index is 12.0. The summed E-state index contributed by atoms with van der Waals surface area (Å²) in [6, 6.07) is 8.90. The second-order valence-corrected chi connectivity index (χ2v) is 17.6. The molecule has 0 saturated heterocycles. The Kier molecular flexibility index (Phi) is 5.19. The summed E-state index contributed by atoms with van der Waals surface area (Å²) in [5.74, 6) is -0.968. The quantitative estimate of drug-likeness (QED) is 0.614. The van der Waals surface area contributed by atoms with E-state index in [1.807, 2.05) is 20.9 Å². The summed E-state index contributed by atoms with van der Waals surface area (Å²) in [7, 11) is 0. The minimum atomic E-state index is -2.72. The summed E-state index contributed by atoms with van der Waals surface area (Å²) in [6.07, 6.45) is -0.959. The second kappa shape index (κ2) is 6.22. The molecule has 0 aliphatic carbocycles. The van der Waals surface area contributed by atoms with Crippen LogP contribution in [0.15, 0.2) is 30.3 Å². The van der Waals surface area contributed by atoms with Crippen LogP contribution in [0.5, 0.6) is 0 Å². The van der Waals surface area contributed by atoms with Crippen LogP contribution < -0.4 is 0 Å². The Labute approximate surface area is 112 Å². The minimum absolute atomic E-state index is 0.473. The number of hydrogen-bond acceptors (Lipinski definition) is 4. The van der Waals surface area contributed by atoms with E-state index in [4.69, 9.17) is 7.81 Å². The van der Waals surface area contributed by atoms with Gasteiger partial charge in [-0.05, 0) is 0 Å². The number of ether oxygens (including phenoxy) is 1. The summed E-state index contributed by atoms with van der Waals surface area (Å²) in [5.41, 5.74) is 0.633. The van der Waals surface area contributed by atoms with Gasteiger partial charge >= 0.3 is 112 Å². The number of benzene rings is 1. The molecule has 0 N–H and O–H groups in total. The Hall–Kier alpha value is -1.04. The fourth-order valence-corrected chi connectivity index (χ4v) is 3.43. The summed E-state index contributed by atoms with van der Waals surface area (Å²) in [6.45, 7) is 1.28. The van der Waals surface area contributed by atoms with Crippen molar-refractivity contribution in [2.24, 2.45) is 0 Å². The van der Waals surface area contributed by atoms with E-state index in [-0.39, 0.29) is 0 Å². The average molecular weight is 357 g/mol. The molecule has 0 radical (unpaired) electrons. The van der Waals surface area contributed by atoms with Gasteiger partial charge < -0.3 is 0 Å². The van der Waals surface area contributed by atoms with E-state index < -0.39 is 36.8 Å². The van der Waals surface area contributed by atoms with Crippen LogP contribution in [-0.2, 0) is 17.4 Å². The SMILES string of the molecule is CC(=O)O[C@@H](C(=O)[O][Sn]([CH3])([CH3])[CH3])c1ccccc1. The fourth-order valence-electron chi connectivity index (χ4n) is 1.40. The molecule has 0 saturated carbocycles. The fraction of sp³-hybridized carbons (Fsp3) is 0.385. The molecule has 0 bridgehead atoms. The molecule has 98 valence electrons. The Bertz CT molecular complexity index is 422.